The summed E-state index contributed by atoms with van der Waals surface area (Å²) in [7, 11) is 1.62. The van der Waals surface area contributed by atoms with Crippen molar-refractivity contribution in [3.8, 4) is 5.75 Å². The molecular weight excluding hydrogens is 294 g/mol. The van der Waals surface area contributed by atoms with E-state index in [0.29, 0.717) is 25.3 Å². The van der Waals surface area contributed by atoms with Crippen LogP contribution in [-0.2, 0) is 9.53 Å². The SMILES string of the molecule is CCOC(=O)C1CCCN(C(=O)c2cc(C)c(OC)cc2C)C1. The second kappa shape index (κ2) is 7.49. The van der Waals surface area contributed by atoms with Crippen LogP contribution in [0.15, 0.2) is 12.1 Å². The third-order valence-electron chi connectivity index (χ3n) is 4.30. The summed E-state index contributed by atoms with van der Waals surface area (Å²) < 4.78 is 10.4. The van der Waals surface area contributed by atoms with Gasteiger partial charge in [0.2, 0.25) is 0 Å². The number of hydrogen-bond acceptors (Lipinski definition) is 4. The number of methoxy groups -OCH3 is 1. The van der Waals surface area contributed by atoms with Gasteiger partial charge in [0.25, 0.3) is 5.91 Å². The molecule has 23 heavy (non-hydrogen) atoms. The monoisotopic (exact) mass is 319 g/mol. The molecule has 2 rings (SSSR count). The molecule has 0 spiro atoms. The van der Waals surface area contributed by atoms with Crippen LogP contribution in [-0.4, -0.2) is 43.6 Å². The molecule has 1 atom stereocenters. The molecular formula is C18H25NO4. The smallest absolute Gasteiger partial charge is 0.310 e. The van der Waals surface area contributed by atoms with Crippen LogP contribution in [0.4, 0.5) is 0 Å². The van der Waals surface area contributed by atoms with E-state index < -0.39 is 0 Å². The molecule has 1 amide bonds. The van der Waals surface area contributed by atoms with Crippen molar-refractivity contribution in [3.63, 3.8) is 0 Å². The number of aryl methyl sites for hydroxylation is 2. The molecule has 1 fully saturated rings. The molecule has 1 saturated heterocycles. The third kappa shape index (κ3) is 3.84. The number of likely N-dealkylation sites (tertiary alicyclic amines) is 1. The Bertz CT molecular complexity index is 597. The second-order valence-corrected chi connectivity index (χ2v) is 5.98. The normalized spacial score (nSPS) is 17.7. The highest BCUT2D eigenvalue weighted by atomic mass is 16.5. The first-order valence-electron chi connectivity index (χ1n) is 8.09. The van der Waals surface area contributed by atoms with Crippen LogP contribution >= 0.6 is 0 Å². The van der Waals surface area contributed by atoms with Gasteiger partial charge in [-0.05, 0) is 56.9 Å². The highest BCUT2D eigenvalue weighted by Gasteiger charge is 2.30. The summed E-state index contributed by atoms with van der Waals surface area (Å²) in [6, 6.07) is 3.75. The average Bonchev–Trinajstić information content (AvgIpc) is 2.56. The van der Waals surface area contributed by atoms with Gasteiger partial charge in [0.15, 0.2) is 0 Å². The van der Waals surface area contributed by atoms with Gasteiger partial charge < -0.3 is 14.4 Å². The first kappa shape index (κ1) is 17.3. The molecule has 1 aliphatic rings. The number of hydrogen-bond donors (Lipinski definition) is 0. The number of carbonyl (C=O) groups excluding carboxylic acids is 2. The molecule has 1 aromatic carbocycles. The summed E-state index contributed by atoms with van der Waals surface area (Å²) in [5.74, 6) is 0.337. The summed E-state index contributed by atoms with van der Waals surface area (Å²) in [6.07, 6.45) is 1.60. The Balaban J connectivity index is 2.17. The minimum atomic E-state index is -0.215. The molecule has 1 heterocycles. The first-order valence-corrected chi connectivity index (χ1v) is 8.09. The molecule has 5 nitrogen and oxygen atoms in total. The lowest BCUT2D eigenvalue weighted by Gasteiger charge is -2.32. The highest BCUT2D eigenvalue weighted by Crippen LogP contribution is 2.25. The van der Waals surface area contributed by atoms with Crippen LogP contribution in [0.3, 0.4) is 0 Å². The van der Waals surface area contributed by atoms with E-state index in [0.717, 1.165) is 29.7 Å². The van der Waals surface area contributed by atoms with Gasteiger partial charge in [-0.15, -0.1) is 0 Å². The van der Waals surface area contributed by atoms with E-state index >= 15 is 0 Å². The molecule has 1 unspecified atom stereocenters. The van der Waals surface area contributed by atoms with Crippen molar-refractivity contribution >= 4 is 11.9 Å². The van der Waals surface area contributed by atoms with Gasteiger partial charge in [-0.25, -0.2) is 0 Å². The van der Waals surface area contributed by atoms with Crippen molar-refractivity contribution in [1.29, 1.82) is 0 Å². The molecule has 0 radical (unpaired) electrons. The average molecular weight is 319 g/mol. The zero-order chi connectivity index (χ0) is 17.0. The van der Waals surface area contributed by atoms with E-state index in [1.165, 1.54) is 0 Å². The van der Waals surface area contributed by atoms with Gasteiger partial charge in [0.1, 0.15) is 5.75 Å². The molecule has 0 saturated carbocycles. The van der Waals surface area contributed by atoms with E-state index in [2.05, 4.69) is 0 Å². The van der Waals surface area contributed by atoms with Crippen LogP contribution in [0.25, 0.3) is 0 Å². The van der Waals surface area contributed by atoms with Crippen molar-refractivity contribution in [2.45, 2.75) is 33.6 Å². The minimum absolute atomic E-state index is 0.0257. The van der Waals surface area contributed by atoms with Crippen molar-refractivity contribution in [1.82, 2.24) is 4.90 Å². The minimum Gasteiger partial charge on any atom is -0.496 e. The Labute approximate surface area is 137 Å². The lowest BCUT2D eigenvalue weighted by Crippen LogP contribution is -2.43. The fourth-order valence-corrected chi connectivity index (χ4v) is 3.02. The Morgan fingerprint density at radius 3 is 2.65 bits per heavy atom. The van der Waals surface area contributed by atoms with Crippen LogP contribution in [0.5, 0.6) is 5.75 Å². The van der Waals surface area contributed by atoms with Crippen molar-refractivity contribution < 1.29 is 19.1 Å². The number of esters is 1. The molecule has 0 aromatic heterocycles. The van der Waals surface area contributed by atoms with Gasteiger partial charge in [-0.2, -0.15) is 0 Å². The maximum Gasteiger partial charge on any atom is 0.310 e. The molecule has 0 aliphatic carbocycles. The summed E-state index contributed by atoms with van der Waals surface area (Å²) in [5, 5.41) is 0. The highest BCUT2D eigenvalue weighted by molar-refractivity contribution is 5.96. The van der Waals surface area contributed by atoms with Crippen LogP contribution in [0.1, 0.15) is 41.3 Å². The van der Waals surface area contributed by atoms with E-state index in [-0.39, 0.29) is 17.8 Å². The van der Waals surface area contributed by atoms with Crippen molar-refractivity contribution in [3.05, 3.63) is 28.8 Å². The zero-order valence-electron chi connectivity index (χ0n) is 14.3. The number of carbonyl (C=O) groups is 2. The Morgan fingerprint density at radius 2 is 2.00 bits per heavy atom. The number of ether oxygens (including phenoxy) is 2. The summed E-state index contributed by atoms with van der Waals surface area (Å²) >= 11 is 0. The third-order valence-corrected chi connectivity index (χ3v) is 4.30. The number of piperidine rings is 1. The Kier molecular flexibility index (Phi) is 5.64. The topological polar surface area (TPSA) is 55.8 Å². The lowest BCUT2D eigenvalue weighted by atomic mass is 9.96. The quantitative estimate of drug-likeness (QED) is 0.801. The lowest BCUT2D eigenvalue weighted by molar-refractivity contribution is -0.149. The fourth-order valence-electron chi connectivity index (χ4n) is 3.02. The summed E-state index contributed by atoms with van der Waals surface area (Å²) in [5.41, 5.74) is 2.49. The van der Waals surface area contributed by atoms with Crippen LogP contribution < -0.4 is 4.74 Å². The van der Waals surface area contributed by atoms with Crippen molar-refractivity contribution in [2.24, 2.45) is 5.92 Å². The number of nitrogens with zero attached hydrogens (tertiary/aromatic N) is 1. The Morgan fingerprint density at radius 1 is 1.26 bits per heavy atom. The predicted octanol–water partition coefficient (Wildman–Crippen LogP) is 2.73. The van der Waals surface area contributed by atoms with Gasteiger partial charge in [0.05, 0.1) is 19.6 Å². The zero-order valence-corrected chi connectivity index (χ0v) is 14.3. The van der Waals surface area contributed by atoms with E-state index in [1.807, 2.05) is 26.0 Å². The fraction of sp³-hybridized carbons (Fsp3) is 0.556. The molecule has 126 valence electrons. The number of rotatable bonds is 4. The van der Waals surface area contributed by atoms with Gasteiger partial charge >= 0.3 is 5.97 Å². The van der Waals surface area contributed by atoms with Gasteiger partial charge in [0, 0.05) is 18.7 Å². The maximum absolute atomic E-state index is 12.8. The number of benzene rings is 1. The first-order chi connectivity index (χ1) is 11.0. The molecule has 5 heteroatoms. The standard InChI is InChI=1S/C18H25NO4/c1-5-23-18(21)14-7-6-8-19(11-14)17(20)15-9-13(3)16(22-4)10-12(15)2/h9-10,14H,5-8,11H2,1-4H3. The largest absolute Gasteiger partial charge is 0.496 e. The maximum atomic E-state index is 12.8. The molecule has 1 aromatic rings. The van der Waals surface area contributed by atoms with Gasteiger partial charge in [-0.1, -0.05) is 0 Å². The summed E-state index contributed by atoms with van der Waals surface area (Å²) in [4.78, 5) is 26.5. The van der Waals surface area contributed by atoms with Crippen LogP contribution in [0, 0.1) is 19.8 Å². The molecule has 0 N–H and O–H groups in total. The van der Waals surface area contributed by atoms with E-state index in [1.54, 1.807) is 18.9 Å². The van der Waals surface area contributed by atoms with Crippen LogP contribution in [0.2, 0.25) is 0 Å². The van der Waals surface area contributed by atoms with E-state index in [9.17, 15) is 9.59 Å². The Hall–Kier alpha value is -2.04. The number of amides is 1. The molecule has 1 aliphatic heterocycles. The molecule has 0 bridgehead atoms. The predicted molar refractivity (Wildman–Crippen MR) is 87.7 cm³/mol. The summed E-state index contributed by atoms with van der Waals surface area (Å²) in [6.45, 7) is 7.11. The second-order valence-electron chi connectivity index (χ2n) is 5.98. The van der Waals surface area contributed by atoms with Crippen molar-refractivity contribution in [2.75, 3.05) is 26.8 Å². The van der Waals surface area contributed by atoms with Gasteiger partial charge in [-0.3, -0.25) is 9.59 Å². The van der Waals surface area contributed by atoms with E-state index in [4.69, 9.17) is 9.47 Å².